The van der Waals surface area contributed by atoms with Crippen LogP contribution in [0.1, 0.15) is 13.3 Å². The average Bonchev–Trinajstić information content (AvgIpc) is 2.63. The molecule has 0 unspecified atom stereocenters. The summed E-state index contributed by atoms with van der Waals surface area (Å²) in [5.41, 5.74) is 1.61. The van der Waals surface area contributed by atoms with Gasteiger partial charge < -0.3 is 14.6 Å². The summed E-state index contributed by atoms with van der Waals surface area (Å²) >= 11 is 5.95. The Morgan fingerprint density at radius 3 is 3.22 bits per heavy atom. The number of anilines is 1. The average molecular weight is 266 g/mol. The standard InChI is InChI=1S/C13H16ClN3O/c1-9-4-6-17(7-5-15-9)13-16-11-8-10(14)2-3-12(11)18-13/h2-3,8-9,15H,4-7H2,1H3/t9-/m1/s1. The third-order valence-corrected chi connectivity index (χ3v) is 3.55. The summed E-state index contributed by atoms with van der Waals surface area (Å²) in [6, 6.07) is 6.78. The minimum absolute atomic E-state index is 0.550. The zero-order valence-corrected chi connectivity index (χ0v) is 11.1. The van der Waals surface area contributed by atoms with E-state index in [1.807, 2.05) is 18.2 Å². The summed E-state index contributed by atoms with van der Waals surface area (Å²) in [7, 11) is 0. The van der Waals surface area contributed by atoms with Gasteiger partial charge in [0, 0.05) is 30.7 Å². The van der Waals surface area contributed by atoms with Crippen LogP contribution in [-0.4, -0.2) is 30.7 Å². The number of aromatic nitrogens is 1. The molecule has 1 aliphatic rings. The summed E-state index contributed by atoms with van der Waals surface area (Å²) in [5, 5.41) is 4.14. The summed E-state index contributed by atoms with van der Waals surface area (Å²) < 4.78 is 5.78. The minimum atomic E-state index is 0.550. The normalized spacial score (nSPS) is 21.2. The first kappa shape index (κ1) is 11.8. The van der Waals surface area contributed by atoms with Crippen LogP contribution in [-0.2, 0) is 0 Å². The van der Waals surface area contributed by atoms with Gasteiger partial charge in [0.25, 0.3) is 6.01 Å². The van der Waals surface area contributed by atoms with E-state index < -0.39 is 0 Å². The van der Waals surface area contributed by atoms with E-state index in [4.69, 9.17) is 16.0 Å². The first-order valence-corrected chi connectivity index (χ1v) is 6.64. The predicted octanol–water partition coefficient (Wildman–Crippen LogP) is 2.67. The highest BCUT2D eigenvalue weighted by Gasteiger charge is 2.18. The van der Waals surface area contributed by atoms with Gasteiger partial charge in [-0.25, -0.2) is 0 Å². The molecule has 3 rings (SSSR count). The van der Waals surface area contributed by atoms with Crippen molar-refractivity contribution < 1.29 is 4.42 Å². The monoisotopic (exact) mass is 265 g/mol. The predicted molar refractivity (Wildman–Crippen MR) is 73.3 cm³/mol. The molecule has 1 aliphatic heterocycles. The molecule has 2 heterocycles. The van der Waals surface area contributed by atoms with E-state index in [-0.39, 0.29) is 0 Å². The molecule has 0 bridgehead atoms. The molecule has 1 fully saturated rings. The Bertz CT molecular complexity index is 554. The van der Waals surface area contributed by atoms with Gasteiger partial charge in [0.15, 0.2) is 5.58 Å². The maximum Gasteiger partial charge on any atom is 0.298 e. The maximum atomic E-state index is 5.95. The van der Waals surface area contributed by atoms with E-state index >= 15 is 0 Å². The lowest BCUT2D eigenvalue weighted by atomic mass is 10.2. The maximum absolute atomic E-state index is 5.95. The molecule has 18 heavy (non-hydrogen) atoms. The molecule has 0 saturated carbocycles. The molecular formula is C13H16ClN3O. The Morgan fingerprint density at radius 2 is 2.33 bits per heavy atom. The molecule has 4 nitrogen and oxygen atoms in total. The Kier molecular flexibility index (Phi) is 3.14. The highest BCUT2D eigenvalue weighted by Crippen LogP contribution is 2.25. The summed E-state index contributed by atoms with van der Waals surface area (Å²) in [6.07, 6.45) is 1.10. The largest absolute Gasteiger partial charge is 0.423 e. The molecule has 0 amide bonds. The zero-order valence-electron chi connectivity index (χ0n) is 10.3. The van der Waals surface area contributed by atoms with Crippen molar-refractivity contribution in [1.29, 1.82) is 0 Å². The quantitative estimate of drug-likeness (QED) is 0.861. The lowest BCUT2D eigenvalue weighted by Gasteiger charge is -2.16. The highest BCUT2D eigenvalue weighted by atomic mass is 35.5. The van der Waals surface area contributed by atoms with Gasteiger partial charge >= 0.3 is 0 Å². The highest BCUT2D eigenvalue weighted by molar-refractivity contribution is 6.31. The molecule has 2 aromatic rings. The van der Waals surface area contributed by atoms with Gasteiger partial charge in [-0.05, 0) is 31.5 Å². The van der Waals surface area contributed by atoms with Gasteiger partial charge in [-0.15, -0.1) is 0 Å². The smallest absolute Gasteiger partial charge is 0.298 e. The van der Waals surface area contributed by atoms with E-state index in [1.165, 1.54) is 0 Å². The van der Waals surface area contributed by atoms with Crippen molar-refractivity contribution in [2.45, 2.75) is 19.4 Å². The molecule has 0 spiro atoms. The van der Waals surface area contributed by atoms with Gasteiger partial charge in [0.2, 0.25) is 0 Å². The van der Waals surface area contributed by atoms with Crippen LogP contribution in [0.15, 0.2) is 22.6 Å². The molecule has 0 radical (unpaired) electrons. The molecule has 1 aromatic heterocycles. The van der Waals surface area contributed by atoms with E-state index in [2.05, 4.69) is 22.1 Å². The molecular weight excluding hydrogens is 250 g/mol. The van der Waals surface area contributed by atoms with Gasteiger partial charge in [0.1, 0.15) is 5.52 Å². The summed E-state index contributed by atoms with van der Waals surface area (Å²) in [5.74, 6) is 0. The van der Waals surface area contributed by atoms with Crippen LogP contribution in [0.2, 0.25) is 5.02 Å². The third-order valence-electron chi connectivity index (χ3n) is 3.32. The van der Waals surface area contributed by atoms with Crippen molar-refractivity contribution in [1.82, 2.24) is 10.3 Å². The van der Waals surface area contributed by atoms with Crippen LogP contribution in [0, 0.1) is 0 Å². The Hall–Kier alpha value is -1.26. The fourth-order valence-electron chi connectivity index (χ4n) is 2.22. The fourth-order valence-corrected chi connectivity index (χ4v) is 2.39. The van der Waals surface area contributed by atoms with Crippen LogP contribution in [0.4, 0.5) is 6.01 Å². The van der Waals surface area contributed by atoms with Gasteiger partial charge in [-0.2, -0.15) is 4.98 Å². The van der Waals surface area contributed by atoms with Crippen molar-refractivity contribution in [3.05, 3.63) is 23.2 Å². The van der Waals surface area contributed by atoms with Gasteiger partial charge in [-0.3, -0.25) is 0 Å². The van der Waals surface area contributed by atoms with Crippen molar-refractivity contribution >= 4 is 28.7 Å². The summed E-state index contributed by atoms with van der Waals surface area (Å²) in [6.45, 7) is 5.05. The number of nitrogens with zero attached hydrogens (tertiary/aromatic N) is 2. The molecule has 96 valence electrons. The van der Waals surface area contributed by atoms with Crippen LogP contribution >= 0.6 is 11.6 Å². The van der Waals surface area contributed by atoms with E-state index in [1.54, 1.807) is 0 Å². The topological polar surface area (TPSA) is 41.3 Å². The first-order valence-electron chi connectivity index (χ1n) is 6.27. The minimum Gasteiger partial charge on any atom is -0.423 e. The molecule has 1 atom stereocenters. The van der Waals surface area contributed by atoms with Crippen LogP contribution in [0.5, 0.6) is 0 Å². The first-order chi connectivity index (χ1) is 8.72. The molecule has 1 aromatic carbocycles. The summed E-state index contributed by atoms with van der Waals surface area (Å²) in [4.78, 5) is 6.70. The lowest BCUT2D eigenvalue weighted by Crippen LogP contribution is -2.29. The van der Waals surface area contributed by atoms with E-state index in [9.17, 15) is 0 Å². The molecule has 1 N–H and O–H groups in total. The number of fused-ring (bicyclic) bond motifs is 1. The van der Waals surface area contributed by atoms with Crippen LogP contribution < -0.4 is 10.2 Å². The Balaban J connectivity index is 1.89. The second-order valence-corrected chi connectivity index (χ2v) is 5.18. The van der Waals surface area contributed by atoms with E-state index in [0.29, 0.717) is 17.1 Å². The number of benzene rings is 1. The fraction of sp³-hybridized carbons (Fsp3) is 0.462. The Morgan fingerprint density at radius 1 is 1.44 bits per heavy atom. The number of nitrogens with one attached hydrogen (secondary N) is 1. The third kappa shape index (κ3) is 2.31. The number of hydrogen-bond acceptors (Lipinski definition) is 4. The Labute approximate surface area is 111 Å². The lowest BCUT2D eigenvalue weighted by molar-refractivity contribution is 0.559. The number of hydrogen-bond donors (Lipinski definition) is 1. The van der Waals surface area contributed by atoms with Crippen molar-refractivity contribution in [3.63, 3.8) is 0 Å². The molecule has 1 saturated heterocycles. The van der Waals surface area contributed by atoms with Crippen molar-refractivity contribution in [2.75, 3.05) is 24.5 Å². The number of halogens is 1. The number of oxazole rings is 1. The second-order valence-electron chi connectivity index (χ2n) is 4.74. The molecule has 0 aliphatic carbocycles. The SMILES string of the molecule is C[C@@H]1CCN(c2nc3cc(Cl)ccc3o2)CCN1. The van der Waals surface area contributed by atoms with Gasteiger partial charge in [0.05, 0.1) is 0 Å². The van der Waals surface area contributed by atoms with Crippen molar-refractivity contribution in [3.8, 4) is 0 Å². The van der Waals surface area contributed by atoms with Crippen molar-refractivity contribution in [2.24, 2.45) is 0 Å². The van der Waals surface area contributed by atoms with Gasteiger partial charge in [-0.1, -0.05) is 11.6 Å². The second kappa shape index (κ2) is 4.78. The zero-order chi connectivity index (χ0) is 12.5. The number of rotatable bonds is 1. The van der Waals surface area contributed by atoms with Crippen LogP contribution in [0.3, 0.4) is 0 Å². The molecule has 5 heteroatoms. The van der Waals surface area contributed by atoms with E-state index in [0.717, 1.165) is 37.2 Å². The van der Waals surface area contributed by atoms with Crippen LogP contribution in [0.25, 0.3) is 11.1 Å².